The van der Waals surface area contributed by atoms with Crippen molar-refractivity contribution in [1.82, 2.24) is 4.57 Å². The summed E-state index contributed by atoms with van der Waals surface area (Å²) in [5.74, 6) is 0.885. The lowest BCUT2D eigenvalue weighted by Crippen LogP contribution is -2.40. The summed E-state index contributed by atoms with van der Waals surface area (Å²) in [6.07, 6.45) is 3.34. The average molecular weight is 579 g/mol. The molecule has 0 saturated carbocycles. The van der Waals surface area contributed by atoms with E-state index < -0.39 is 12.0 Å². The fraction of sp³-hybridized carbons (Fsp3) is 0.323. The van der Waals surface area contributed by atoms with E-state index in [9.17, 15) is 14.7 Å². The first-order valence-electron chi connectivity index (χ1n) is 13.3. The van der Waals surface area contributed by atoms with E-state index in [0.29, 0.717) is 56.6 Å². The summed E-state index contributed by atoms with van der Waals surface area (Å²) in [7, 11) is 1.53. The highest BCUT2D eigenvalue weighted by Crippen LogP contribution is 2.36. The number of hydrogen-bond donors (Lipinski definition) is 1. The molecule has 9 nitrogen and oxygen atoms in total. The van der Waals surface area contributed by atoms with Crippen LogP contribution in [0.1, 0.15) is 44.9 Å². The standard InChI is InChI=1S/C31H34N2O7S/c1-7-13-39-23-12-10-21(16-25(23)37-6)28-27(30(36)40-17-18(3)4)19(5)32-31-33(28)29(35)26(41-31)15-20-9-11-22(34)24(14-20)38-8-2/h7,9-12,14-16,18,28,34H,1,8,13,17H2,2-6H3/b26-15-. The van der Waals surface area contributed by atoms with Gasteiger partial charge >= 0.3 is 5.97 Å². The van der Waals surface area contributed by atoms with E-state index >= 15 is 0 Å². The molecule has 1 aromatic heterocycles. The van der Waals surface area contributed by atoms with Crippen LogP contribution in [-0.2, 0) is 9.53 Å². The molecule has 0 radical (unpaired) electrons. The monoisotopic (exact) mass is 578 g/mol. The molecule has 0 amide bonds. The third kappa shape index (κ3) is 6.38. The third-order valence-corrected chi connectivity index (χ3v) is 7.21. The Labute approximate surface area is 242 Å². The Bertz CT molecular complexity index is 1670. The maximum atomic E-state index is 13.9. The van der Waals surface area contributed by atoms with E-state index in [-0.39, 0.29) is 29.4 Å². The van der Waals surface area contributed by atoms with Crippen LogP contribution >= 0.6 is 11.3 Å². The normalized spacial score (nSPS) is 14.9. The SMILES string of the molecule is C=CCOc1ccc(C2C(C(=O)OCC(C)C)=C(C)N=c3s/c(=C\c4ccc(O)c(OCC)c4)c(=O)n32)cc1OC. The van der Waals surface area contributed by atoms with Crippen LogP contribution < -0.4 is 29.1 Å². The van der Waals surface area contributed by atoms with E-state index in [1.54, 1.807) is 49.4 Å². The van der Waals surface area contributed by atoms with Gasteiger partial charge in [0.15, 0.2) is 27.8 Å². The number of phenolic OH excluding ortho intramolecular Hbond substituents is 1. The molecule has 1 aliphatic rings. The summed E-state index contributed by atoms with van der Waals surface area (Å²) >= 11 is 1.21. The van der Waals surface area contributed by atoms with Gasteiger partial charge in [0.1, 0.15) is 6.61 Å². The zero-order valence-electron chi connectivity index (χ0n) is 23.8. The number of aromatic nitrogens is 1. The summed E-state index contributed by atoms with van der Waals surface area (Å²) in [5, 5.41) is 10.1. The molecule has 3 aromatic rings. The Kier molecular flexibility index (Phi) is 9.34. The molecule has 2 heterocycles. The average Bonchev–Trinajstić information content (AvgIpc) is 3.25. The van der Waals surface area contributed by atoms with Crippen LogP contribution in [0.2, 0.25) is 0 Å². The van der Waals surface area contributed by atoms with Crippen LogP contribution in [0.25, 0.3) is 6.08 Å². The molecule has 1 atom stereocenters. The van der Waals surface area contributed by atoms with Gasteiger partial charge in [-0.05, 0) is 61.2 Å². The number of aromatic hydroxyl groups is 1. The predicted molar refractivity (Wildman–Crippen MR) is 158 cm³/mol. The van der Waals surface area contributed by atoms with Crippen molar-refractivity contribution < 1.29 is 28.8 Å². The minimum Gasteiger partial charge on any atom is -0.504 e. The minimum absolute atomic E-state index is 0.0140. The molecular weight excluding hydrogens is 544 g/mol. The number of nitrogens with zero attached hydrogens (tertiary/aromatic N) is 2. The Morgan fingerprint density at radius 1 is 1.17 bits per heavy atom. The van der Waals surface area contributed by atoms with Crippen molar-refractivity contribution in [1.29, 1.82) is 0 Å². The van der Waals surface area contributed by atoms with Crippen molar-refractivity contribution in [3.63, 3.8) is 0 Å². The second kappa shape index (κ2) is 12.9. The number of methoxy groups -OCH3 is 1. The molecule has 1 aliphatic heterocycles. The minimum atomic E-state index is -0.811. The van der Waals surface area contributed by atoms with Gasteiger partial charge in [0.05, 0.1) is 42.2 Å². The smallest absolute Gasteiger partial charge is 0.338 e. The number of phenols is 1. The molecule has 0 bridgehead atoms. The van der Waals surface area contributed by atoms with Gasteiger partial charge in [-0.1, -0.05) is 50.0 Å². The summed E-state index contributed by atoms with van der Waals surface area (Å²) < 4.78 is 24.3. The first-order chi connectivity index (χ1) is 19.7. The largest absolute Gasteiger partial charge is 0.504 e. The number of allylic oxidation sites excluding steroid dienone is 1. The Balaban J connectivity index is 1.90. The second-order valence-corrected chi connectivity index (χ2v) is 10.8. The van der Waals surface area contributed by atoms with Crippen molar-refractivity contribution in [2.75, 3.05) is 26.9 Å². The summed E-state index contributed by atoms with van der Waals surface area (Å²) in [6, 6.07) is 9.36. The zero-order valence-corrected chi connectivity index (χ0v) is 24.6. The van der Waals surface area contributed by atoms with E-state index in [1.165, 1.54) is 29.1 Å². The van der Waals surface area contributed by atoms with Crippen molar-refractivity contribution in [2.45, 2.75) is 33.7 Å². The third-order valence-electron chi connectivity index (χ3n) is 6.23. The van der Waals surface area contributed by atoms with Crippen molar-refractivity contribution >= 4 is 23.4 Å². The molecule has 0 fully saturated rings. The number of thiazole rings is 1. The topological polar surface area (TPSA) is 109 Å². The zero-order chi connectivity index (χ0) is 29.7. The maximum absolute atomic E-state index is 13.9. The van der Waals surface area contributed by atoms with Crippen LogP contribution in [0.15, 0.2) is 70.1 Å². The number of hydrogen-bond acceptors (Lipinski definition) is 9. The lowest BCUT2D eigenvalue weighted by Gasteiger charge is -2.25. The Morgan fingerprint density at radius 3 is 2.63 bits per heavy atom. The van der Waals surface area contributed by atoms with E-state index in [4.69, 9.17) is 18.9 Å². The first-order valence-corrected chi connectivity index (χ1v) is 14.1. The van der Waals surface area contributed by atoms with Gasteiger partial charge in [0.25, 0.3) is 5.56 Å². The molecule has 216 valence electrons. The molecule has 10 heteroatoms. The van der Waals surface area contributed by atoms with Gasteiger partial charge in [0, 0.05) is 0 Å². The van der Waals surface area contributed by atoms with E-state index in [2.05, 4.69) is 11.6 Å². The molecular formula is C31H34N2O7S. The highest BCUT2D eigenvalue weighted by molar-refractivity contribution is 7.07. The first kappa shape index (κ1) is 29.7. The van der Waals surface area contributed by atoms with E-state index in [1.807, 2.05) is 20.8 Å². The highest BCUT2D eigenvalue weighted by Gasteiger charge is 2.34. The number of carbonyl (C=O) groups excluding carboxylic acids is 1. The van der Waals surface area contributed by atoms with Gasteiger partial charge in [0.2, 0.25) is 0 Å². The number of rotatable bonds is 11. The molecule has 4 rings (SSSR count). The quantitative estimate of drug-likeness (QED) is 0.269. The number of fused-ring (bicyclic) bond motifs is 1. The van der Waals surface area contributed by atoms with Crippen LogP contribution in [0.4, 0.5) is 0 Å². The highest BCUT2D eigenvalue weighted by atomic mass is 32.1. The summed E-state index contributed by atoms with van der Waals surface area (Å²) in [4.78, 5) is 32.5. The Morgan fingerprint density at radius 2 is 1.95 bits per heavy atom. The lowest BCUT2D eigenvalue weighted by molar-refractivity contribution is -0.140. The lowest BCUT2D eigenvalue weighted by atomic mass is 9.95. The molecule has 0 aliphatic carbocycles. The van der Waals surface area contributed by atoms with Gasteiger partial charge in [-0.15, -0.1) is 0 Å². The molecule has 2 aromatic carbocycles. The fourth-order valence-corrected chi connectivity index (χ4v) is 5.43. The Hall–Kier alpha value is -4.31. The van der Waals surface area contributed by atoms with Crippen molar-refractivity contribution in [2.24, 2.45) is 10.9 Å². The van der Waals surface area contributed by atoms with Crippen molar-refractivity contribution in [3.05, 3.63) is 91.1 Å². The second-order valence-electron chi connectivity index (χ2n) is 9.74. The summed E-state index contributed by atoms with van der Waals surface area (Å²) in [6.45, 7) is 12.1. The summed E-state index contributed by atoms with van der Waals surface area (Å²) in [5.41, 5.74) is 1.72. The molecule has 0 spiro atoms. The van der Waals surface area contributed by atoms with Crippen LogP contribution in [-0.4, -0.2) is 42.6 Å². The van der Waals surface area contributed by atoms with Gasteiger partial charge < -0.3 is 24.1 Å². The number of ether oxygens (including phenoxy) is 4. The molecule has 0 saturated heterocycles. The van der Waals surface area contributed by atoms with Gasteiger partial charge in [-0.3, -0.25) is 9.36 Å². The maximum Gasteiger partial charge on any atom is 0.338 e. The molecule has 1 N–H and O–H groups in total. The molecule has 41 heavy (non-hydrogen) atoms. The van der Waals surface area contributed by atoms with Crippen LogP contribution in [0, 0.1) is 5.92 Å². The van der Waals surface area contributed by atoms with E-state index in [0.717, 1.165) is 0 Å². The number of carbonyl (C=O) groups is 1. The molecule has 1 unspecified atom stereocenters. The fourth-order valence-electron chi connectivity index (χ4n) is 4.38. The van der Waals surface area contributed by atoms with Gasteiger partial charge in [-0.2, -0.15) is 0 Å². The van der Waals surface area contributed by atoms with Crippen LogP contribution in [0.3, 0.4) is 0 Å². The predicted octanol–water partition coefficient (Wildman–Crippen LogP) is 4.11. The van der Waals surface area contributed by atoms with Gasteiger partial charge in [-0.25, -0.2) is 9.79 Å². The van der Waals surface area contributed by atoms with Crippen LogP contribution in [0.5, 0.6) is 23.0 Å². The number of benzene rings is 2. The van der Waals surface area contributed by atoms with Crippen molar-refractivity contribution in [3.8, 4) is 23.0 Å². The number of esters is 1.